The first-order valence-electron chi connectivity index (χ1n) is 6.27. The molecule has 4 nitrogen and oxygen atoms in total. The van der Waals surface area contributed by atoms with Gasteiger partial charge < -0.3 is 5.11 Å². The summed E-state index contributed by atoms with van der Waals surface area (Å²) in [6, 6.07) is 7.96. The van der Waals surface area contributed by atoms with Crippen LogP contribution in [0.3, 0.4) is 0 Å². The van der Waals surface area contributed by atoms with Gasteiger partial charge in [-0.05, 0) is 17.5 Å². The van der Waals surface area contributed by atoms with Crippen LogP contribution in [0.25, 0.3) is 0 Å². The van der Waals surface area contributed by atoms with Gasteiger partial charge in [0.1, 0.15) is 0 Å². The zero-order valence-electron chi connectivity index (χ0n) is 10.1. The molecule has 1 fully saturated rings. The van der Waals surface area contributed by atoms with Gasteiger partial charge in [-0.1, -0.05) is 24.3 Å². The maximum absolute atomic E-state index is 11.4. The molecule has 1 aromatic rings. The third-order valence-electron chi connectivity index (χ3n) is 4.02. The molecule has 0 aromatic heterocycles. The molecule has 0 bridgehead atoms. The Bertz CT molecular complexity index is 541. The predicted octanol–water partition coefficient (Wildman–Crippen LogP) is 0.375. The summed E-state index contributed by atoms with van der Waals surface area (Å²) in [6.45, 7) is 1.08. The van der Waals surface area contributed by atoms with Gasteiger partial charge in [0, 0.05) is 19.1 Å². The number of fused-ring (bicyclic) bond motifs is 1. The Hall–Kier alpha value is -0.910. The van der Waals surface area contributed by atoms with E-state index < -0.39 is 15.9 Å². The number of hydrogen-bond donors (Lipinski definition) is 1. The number of rotatable bonds is 1. The van der Waals surface area contributed by atoms with E-state index in [9.17, 15) is 13.5 Å². The molecule has 1 aliphatic carbocycles. The molecule has 0 saturated carbocycles. The normalized spacial score (nSPS) is 31.2. The highest BCUT2D eigenvalue weighted by atomic mass is 32.2. The lowest BCUT2D eigenvalue weighted by atomic mass is 10.1. The van der Waals surface area contributed by atoms with Crippen molar-refractivity contribution in [1.82, 2.24) is 4.90 Å². The van der Waals surface area contributed by atoms with Crippen LogP contribution in [0.4, 0.5) is 0 Å². The van der Waals surface area contributed by atoms with Crippen molar-refractivity contribution in [2.45, 2.75) is 18.6 Å². The Kier molecular flexibility index (Phi) is 2.92. The van der Waals surface area contributed by atoms with Crippen LogP contribution in [0.5, 0.6) is 0 Å². The fourth-order valence-corrected chi connectivity index (χ4v) is 4.17. The topological polar surface area (TPSA) is 57.6 Å². The molecule has 1 N–H and O–H groups in total. The smallest absolute Gasteiger partial charge is 0.152 e. The number of sulfone groups is 1. The van der Waals surface area contributed by atoms with Crippen LogP contribution in [0.15, 0.2) is 24.3 Å². The van der Waals surface area contributed by atoms with E-state index in [-0.39, 0.29) is 17.5 Å². The van der Waals surface area contributed by atoms with Gasteiger partial charge in [-0.2, -0.15) is 0 Å². The Morgan fingerprint density at radius 1 is 1.17 bits per heavy atom. The molecule has 1 aliphatic heterocycles. The van der Waals surface area contributed by atoms with Crippen molar-refractivity contribution >= 4 is 9.84 Å². The second-order valence-corrected chi connectivity index (χ2v) is 7.41. The largest absolute Gasteiger partial charge is 0.387 e. The summed E-state index contributed by atoms with van der Waals surface area (Å²) in [5.41, 5.74) is 2.18. The van der Waals surface area contributed by atoms with Crippen LogP contribution in [-0.2, 0) is 16.3 Å². The van der Waals surface area contributed by atoms with Crippen molar-refractivity contribution in [1.29, 1.82) is 0 Å². The maximum Gasteiger partial charge on any atom is 0.152 e. The second kappa shape index (κ2) is 4.33. The summed E-state index contributed by atoms with van der Waals surface area (Å²) in [7, 11) is -2.85. The molecule has 0 amide bonds. The third-order valence-corrected chi connectivity index (χ3v) is 5.62. The van der Waals surface area contributed by atoms with E-state index in [1.54, 1.807) is 0 Å². The lowest BCUT2D eigenvalue weighted by Gasteiger charge is -2.33. The molecular weight excluding hydrogens is 250 g/mol. The van der Waals surface area contributed by atoms with Gasteiger partial charge in [-0.25, -0.2) is 8.42 Å². The minimum absolute atomic E-state index is 0.0397. The average molecular weight is 267 g/mol. The molecular formula is C13H17NO3S. The SMILES string of the molecule is O=S1(=O)CCN(C2Cc3ccccc3C2O)CC1. The van der Waals surface area contributed by atoms with E-state index in [1.165, 1.54) is 5.56 Å². The highest BCUT2D eigenvalue weighted by Crippen LogP contribution is 2.34. The van der Waals surface area contributed by atoms with E-state index in [2.05, 4.69) is 4.90 Å². The lowest BCUT2D eigenvalue weighted by molar-refractivity contribution is 0.0657. The van der Waals surface area contributed by atoms with Crippen molar-refractivity contribution in [2.75, 3.05) is 24.6 Å². The van der Waals surface area contributed by atoms with Gasteiger partial charge in [-0.3, -0.25) is 4.90 Å². The number of aliphatic hydroxyl groups excluding tert-OH is 1. The fourth-order valence-electron chi connectivity index (χ4n) is 2.94. The summed E-state index contributed by atoms with van der Waals surface area (Å²) < 4.78 is 22.8. The zero-order valence-corrected chi connectivity index (χ0v) is 10.9. The molecule has 5 heteroatoms. The number of hydrogen-bond acceptors (Lipinski definition) is 4. The molecule has 0 spiro atoms. The molecule has 2 aliphatic rings. The monoisotopic (exact) mass is 267 g/mol. The van der Waals surface area contributed by atoms with E-state index in [0.717, 1.165) is 12.0 Å². The molecule has 3 rings (SSSR count). The summed E-state index contributed by atoms with van der Waals surface area (Å²) >= 11 is 0. The van der Waals surface area contributed by atoms with Crippen LogP contribution in [0, 0.1) is 0 Å². The average Bonchev–Trinajstić information content (AvgIpc) is 2.68. The highest BCUT2D eigenvalue weighted by molar-refractivity contribution is 7.91. The lowest BCUT2D eigenvalue weighted by Crippen LogP contribution is -2.47. The van der Waals surface area contributed by atoms with Crippen LogP contribution < -0.4 is 0 Å². The standard InChI is InChI=1S/C13H17NO3S/c15-13-11-4-2-1-3-10(11)9-12(13)14-5-7-18(16,17)8-6-14/h1-4,12-13,15H,5-9H2. The zero-order chi connectivity index (χ0) is 12.8. The first-order valence-corrected chi connectivity index (χ1v) is 8.09. The van der Waals surface area contributed by atoms with E-state index in [0.29, 0.717) is 13.1 Å². The molecule has 2 unspecified atom stereocenters. The molecule has 1 heterocycles. The summed E-state index contributed by atoms with van der Waals surface area (Å²) in [4.78, 5) is 2.12. The van der Waals surface area contributed by atoms with E-state index in [1.807, 2.05) is 24.3 Å². The first-order chi connectivity index (χ1) is 8.57. The molecule has 2 atom stereocenters. The van der Waals surface area contributed by atoms with Gasteiger partial charge >= 0.3 is 0 Å². The number of nitrogens with zero attached hydrogens (tertiary/aromatic N) is 1. The van der Waals surface area contributed by atoms with Crippen molar-refractivity contribution < 1.29 is 13.5 Å². The summed E-state index contributed by atoms with van der Waals surface area (Å²) in [5.74, 6) is 0.430. The molecule has 98 valence electrons. The number of aliphatic hydroxyl groups is 1. The molecule has 18 heavy (non-hydrogen) atoms. The predicted molar refractivity (Wildman–Crippen MR) is 69.1 cm³/mol. The van der Waals surface area contributed by atoms with Crippen LogP contribution in [0.2, 0.25) is 0 Å². The highest BCUT2D eigenvalue weighted by Gasteiger charge is 2.37. The Balaban J connectivity index is 1.77. The fraction of sp³-hybridized carbons (Fsp3) is 0.538. The van der Waals surface area contributed by atoms with Crippen LogP contribution in [0.1, 0.15) is 17.2 Å². The van der Waals surface area contributed by atoms with Gasteiger partial charge in [-0.15, -0.1) is 0 Å². The van der Waals surface area contributed by atoms with Gasteiger partial charge in [0.2, 0.25) is 0 Å². The minimum Gasteiger partial charge on any atom is -0.387 e. The van der Waals surface area contributed by atoms with Crippen LogP contribution >= 0.6 is 0 Å². The van der Waals surface area contributed by atoms with Gasteiger partial charge in [0.15, 0.2) is 9.84 Å². The maximum atomic E-state index is 11.4. The summed E-state index contributed by atoms with van der Waals surface area (Å²) in [6.07, 6.45) is 0.333. The first kappa shape index (κ1) is 12.1. The van der Waals surface area contributed by atoms with Crippen molar-refractivity contribution in [2.24, 2.45) is 0 Å². The van der Waals surface area contributed by atoms with E-state index >= 15 is 0 Å². The Labute approximate surface area is 107 Å². The Morgan fingerprint density at radius 3 is 2.50 bits per heavy atom. The molecule has 1 aromatic carbocycles. The second-order valence-electron chi connectivity index (χ2n) is 5.10. The van der Waals surface area contributed by atoms with Crippen LogP contribution in [-0.4, -0.2) is 49.1 Å². The quantitative estimate of drug-likeness (QED) is 0.799. The van der Waals surface area contributed by atoms with Crippen molar-refractivity contribution in [3.05, 3.63) is 35.4 Å². The third kappa shape index (κ3) is 2.06. The molecule has 1 saturated heterocycles. The van der Waals surface area contributed by atoms with Crippen molar-refractivity contribution in [3.8, 4) is 0 Å². The van der Waals surface area contributed by atoms with E-state index in [4.69, 9.17) is 0 Å². The Morgan fingerprint density at radius 2 is 1.83 bits per heavy atom. The number of benzene rings is 1. The van der Waals surface area contributed by atoms with Gasteiger partial charge in [0.25, 0.3) is 0 Å². The van der Waals surface area contributed by atoms with Gasteiger partial charge in [0.05, 0.1) is 17.6 Å². The minimum atomic E-state index is -2.85. The van der Waals surface area contributed by atoms with Crippen molar-refractivity contribution in [3.63, 3.8) is 0 Å². The summed E-state index contributed by atoms with van der Waals surface area (Å²) in [5, 5.41) is 10.3. The molecule has 0 radical (unpaired) electrons.